The molecule has 0 radical (unpaired) electrons. The number of hydrogen-bond acceptors (Lipinski definition) is 6. The third kappa shape index (κ3) is 7.11. The van der Waals surface area contributed by atoms with Gasteiger partial charge in [-0.25, -0.2) is 5.43 Å². The van der Waals surface area contributed by atoms with Crippen molar-refractivity contribution in [3.8, 4) is 17.2 Å². The fraction of sp³-hybridized carbons (Fsp3) is 0.250. The average molecular weight is 464 g/mol. The summed E-state index contributed by atoms with van der Waals surface area (Å²) in [5.74, 6) is -0.0465. The summed E-state index contributed by atoms with van der Waals surface area (Å²) in [5.41, 5.74) is 3.45. The Labute approximate surface area is 177 Å². The van der Waals surface area contributed by atoms with Crippen LogP contribution in [0.1, 0.15) is 25.8 Å². The molecule has 0 unspecified atom stereocenters. The molecule has 0 heterocycles. The van der Waals surface area contributed by atoms with Crippen LogP contribution in [-0.2, 0) is 9.59 Å². The van der Waals surface area contributed by atoms with Crippen LogP contribution in [0.2, 0.25) is 0 Å². The molecule has 0 aliphatic rings. The first-order chi connectivity index (χ1) is 13.9. The van der Waals surface area contributed by atoms with Crippen molar-refractivity contribution in [3.05, 3.63) is 46.4 Å². The first-order valence-electron chi connectivity index (χ1n) is 8.92. The summed E-state index contributed by atoms with van der Waals surface area (Å²) in [7, 11) is 0. The highest BCUT2D eigenvalue weighted by Crippen LogP contribution is 2.35. The number of rotatable bonds is 9. The summed E-state index contributed by atoms with van der Waals surface area (Å²) in [6.07, 6.45) is 1.00. The van der Waals surface area contributed by atoms with Gasteiger partial charge in [0, 0.05) is 5.69 Å². The van der Waals surface area contributed by atoms with Crippen LogP contribution >= 0.6 is 15.9 Å². The molecular formula is C20H22BrN3O5. The van der Waals surface area contributed by atoms with E-state index in [4.69, 9.17) is 9.47 Å². The van der Waals surface area contributed by atoms with Crippen molar-refractivity contribution in [1.29, 1.82) is 0 Å². The van der Waals surface area contributed by atoms with E-state index in [0.29, 0.717) is 40.4 Å². The minimum absolute atomic E-state index is 0.0148. The van der Waals surface area contributed by atoms with E-state index < -0.39 is 11.8 Å². The first kappa shape index (κ1) is 22.2. The summed E-state index contributed by atoms with van der Waals surface area (Å²) in [4.78, 5) is 23.8. The van der Waals surface area contributed by atoms with Gasteiger partial charge in [-0.1, -0.05) is 0 Å². The molecule has 2 rings (SSSR count). The zero-order chi connectivity index (χ0) is 21.2. The molecule has 0 bridgehead atoms. The highest BCUT2D eigenvalue weighted by Gasteiger charge is 2.10. The van der Waals surface area contributed by atoms with Gasteiger partial charge in [-0.3, -0.25) is 9.59 Å². The lowest BCUT2D eigenvalue weighted by Crippen LogP contribution is -2.24. The lowest BCUT2D eigenvalue weighted by atomic mass is 10.2. The Morgan fingerprint density at radius 1 is 1.10 bits per heavy atom. The zero-order valence-electron chi connectivity index (χ0n) is 16.1. The summed E-state index contributed by atoms with van der Waals surface area (Å²) in [5, 5.41) is 16.3. The van der Waals surface area contributed by atoms with E-state index in [-0.39, 0.29) is 12.2 Å². The third-order valence-electron chi connectivity index (χ3n) is 3.52. The molecular weight excluding hydrogens is 442 g/mol. The van der Waals surface area contributed by atoms with Gasteiger partial charge in [-0.15, -0.1) is 0 Å². The number of hydrazone groups is 1. The number of halogens is 1. The van der Waals surface area contributed by atoms with Crippen LogP contribution in [0.15, 0.2) is 46.0 Å². The molecule has 2 aromatic rings. The van der Waals surface area contributed by atoms with Crippen LogP contribution < -0.4 is 20.2 Å². The normalized spacial score (nSPS) is 10.6. The van der Waals surface area contributed by atoms with Crippen LogP contribution in [0.5, 0.6) is 17.2 Å². The standard InChI is InChI=1S/C20H22BrN3O5/c1-3-28-15-7-5-14(6-8-15)23-18(25)11-19(26)24-22-12-13-9-16(21)20(27)17(10-13)29-4-2/h5-10,12,27H,3-4,11H2,1-2H3,(H,23,25)(H,24,26)/b22-12+. The minimum Gasteiger partial charge on any atom is -0.503 e. The van der Waals surface area contributed by atoms with Crippen molar-refractivity contribution >= 4 is 39.6 Å². The molecule has 0 spiro atoms. The number of amides is 2. The Balaban J connectivity index is 1.86. The minimum atomic E-state index is -0.562. The molecule has 0 aliphatic carbocycles. The van der Waals surface area contributed by atoms with Crippen molar-refractivity contribution in [1.82, 2.24) is 5.43 Å². The SMILES string of the molecule is CCOc1ccc(NC(=O)CC(=O)N/N=C/c2cc(Br)c(O)c(OCC)c2)cc1. The van der Waals surface area contributed by atoms with Crippen LogP contribution in [0.4, 0.5) is 5.69 Å². The predicted molar refractivity (Wildman–Crippen MR) is 114 cm³/mol. The van der Waals surface area contributed by atoms with Gasteiger partial charge in [-0.05, 0) is 71.7 Å². The van der Waals surface area contributed by atoms with Crippen molar-refractivity contribution in [2.75, 3.05) is 18.5 Å². The number of carbonyl (C=O) groups is 2. The maximum Gasteiger partial charge on any atom is 0.249 e. The molecule has 2 aromatic carbocycles. The molecule has 8 nitrogen and oxygen atoms in total. The Hall–Kier alpha value is -3.07. The van der Waals surface area contributed by atoms with Gasteiger partial charge >= 0.3 is 0 Å². The van der Waals surface area contributed by atoms with Gasteiger partial charge in [0.05, 0.1) is 23.9 Å². The van der Waals surface area contributed by atoms with E-state index in [1.54, 1.807) is 43.3 Å². The Morgan fingerprint density at radius 2 is 1.79 bits per heavy atom. The number of anilines is 1. The maximum absolute atomic E-state index is 12.0. The number of ether oxygens (including phenoxy) is 2. The van der Waals surface area contributed by atoms with Crippen LogP contribution in [0.25, 0.3) is 0 Å². The monoisotopic (exact) mass is 463 g/mol. The third-order valence-corrected chi connectivity index (χ3v) is 4.13. The van der Waals surface area contributed by atoms with Crippen LogP contribution in [-0.4, -0.2) is 36.3 Å². The molecule has 3 N–H and O–H groups in total. The van der Waals surface area contributed by atoms with E-state index in [2.05, 4.69) is 31.8 Å². The highest BCUT2D eigenvalue weighted by atomic mass is 79.9. The number of aromatic hydroxyl groups is 1. The number of nitrogens with zero attached hydrogens (tertiary/aromatic N) is 1. The van der Waals surface area contributed by atoms with E-state index in [1.165, 1.54) is 6.21 Å². The highest BCUT2D eigenvalue weighted by molar-refractivity contribution is 9.10. The van der Waals surface area contributed by atoms with Gasteiger partial charge in [0.1, 0.15) is 12.2 Å². The van der Waals surface area contributed by atoms with Crippen molar-refractivity contribution in [3.63, 3.8) is 0 Å². The molecule has 29 heavy (non-hydrogen) atoms. The quantitative estimate of drug-likeness (QED) is 0.299. The molecule has 0 saturated heterocycles. The molecule has 0 aliphatic heterocycles. The summed E-state index contributed by atoms with van der Waals surface area (Å²) < 4.78 is 11.1. The fourth-order valence-corrected chi connectivity index (χ4v) is 2.76. The Morgan fingerprint density at radius 3 is 2.45 bits per heavy atom. The molecule has 0 saturated carbocycles. The van der Waals surface area contributed by atoms with E-state index >= 15 is 0 Å². The molecule has 2 amide bonds. The largest absolute Gasteiger partial charge is 0.503 e. The topological polar surface area (TPSA) is 109 Å². The second kappa shape index (κ2) is 11.1. The van der Waals surface area contributed by atoms with E-state index in [0.717, 1.165) is 0 Å². The number of phenols is 1. The Kier molecular flexibility index (Phi) is 8.47. The van der Waals surface area contributed by atoms with Gasteiger partial charge < -0.3 is 19.9 Å². The van der Waals surface area contributed by atoms with Crippen molar-refractivity contribution in [2.24, 2.45) is 5.10 Å². The summed E-state index contributed by atoms with van der Waals surface area (Å²) in [6, 6.07) is 10.0. The fourth-order valence-electron chi connectivity index (χ4n) is 2.30. The summed E-state index contributed by atoms with van der Waals surface area (Å²) in [6.45, 7) is 4.63. The number of carbonyl (C=O) groups excluding carboxylic acids is 2. The first-order valence-corrected chi connectivity index (χ1v) is 9.72. The second-order valence-corrected chi connectivity index (χ2v) is 6.61. The molecule has 0 fully saturated rings. The van der Waals surface area contributed by atoms with E-state index in [1.807, 2.05) is 6.92 Å². The van der Waals surface area contributed by atoms with Gasteiger partial charge in [0.2, 0.25) is 11.8 Å². The smallest absolute Gasteiger partial charge is 0.249 e. The average Bonchev–Trinajstić information content (AvgIpc) is 2.67. The van der Waals surface area contributed by atoms with Crippen LogP contribution in [0.3, 0.4) is 0 Å². The predicted octanol–water partition coefficient (Wildman–Crippen LogP) is 3.43. The van der Waals surface area contributed by atoms with Crippen LogP contribution in [0, 0.1) is 0 Å². The van der Waals surface area contributed by atoms with Gasteiger partial charge in [0.25, 0.3) is 0 Å². The number of benzene rings is 2. The number of hydrogen-bond donors (Lipinski definition) is 3. The molecule has 9 heteroatoms. The number of phenolic OH excluding ortho intramolecular Hbond substituents is 1. The van der Waals surface area contributed by atoms with E-state index in [9.17, 15) is 14.7 Å². The van der Waals surface area contributed by atoms with Gasteiger partial charge in [0.15, 0.2) is 11.5 Å². The lowest BCUT2D eigenvalue weighted by Gasteiger charge is -2.08. The van der Waals surface area contributed by atoms with Gasteiger partial charge in [-0.2, -0.15) is 5.10 Å². The van der Waals surface area contributed by atoms with Crippen molar-refractivity contribution < 1.29 is 24.2 Å². The molecule has 0 aromatic heterocycles. The maximum atomic E-state index is 12.0. The lowest BCUT2D eigenvalue weighted by molar-refractivity contribution is -0.126. The summed E-state index contributed by atoms with van der Waals surface area (Å²) >= 11 is 3.23. The zero-order valence-corrected chi connectivity index (χ0v) is 17.7. The van der Waals surface area contributed by atoms with Crippen molar-refractivity contribution in [2.45, 2.75) is 20.3 Å². The molecule has 154 valence electrons. The number of nitrogens with one attached hydrogen (secondary N) is 2. The molecule has 0 atom stereocenters. The Bertz CT molecular complexity index is 884. The second-order valence-electron chi connectivity index (χ2n) is 5.76.